The van der Waals surface area contributed by atoms with E-state index < -0.39 is 5.97 Å². The van der Waals surface area contributed by atoms with Crippen molar-refractivity contribution in [2.45, 2.75) is 20.4 Å². The van der Waals surface area contributed by atoms with Crippen LogP contribution >= 0.6 is 0 Å². The Morgan fingerprint density at radius 1 is 1.00 bits per heavy atom. The molecule has 5 heteroatoms. The van der Waals surface area contributed by atoms with Crippen molar-refractivity contribution in [2.24, 2.45) is 5.92 Å². The van der Waals surface area contributed by atoms with Crippen LogP contribution in [-0.2, 0) is 16.1 Å². The topological polar surface area (TPSA) is 70.4 Å². The van der Waals surface area contributed by atoms with Crippen LogP contribution in [0.5, 0.6) is 0 Å². The SMILES string of the molecule is COC(=O)c1cccc(CN2C(=O)C(=C(c3ccc(C#N)cc3)C(C)C)c3ccccc32)c1. The molecule has 4 rings (SSSR count). The zero-order chi connectivity index (χ0) is 23.5. The van der Waals surface area contributed by atoms with Crippen LogP contribution in [-0.4, -0.2) is 19.0 Å². The zero-order valence-electron chi connectivity index (χ0n) is 18.8. The Balaban J connectivity index is 1.81. The van der Waals surface area contributed by atoms with Crippen LogP contribution in [0.4, 0.5) is 5.69 Å². The molecule has 0 aromatic heterocycles. The molecule has 0 bridgehead atoms. The minimum Gasteiger partial charge on any atom is -0.465 e. The third kappa shape index (κ3) is 4.16. The number of para-hydroxylation sites is 1. The van der Waals surface area contributed by atoms with E-state index in [2.05, 4.69) is 19.9 Å². The molecule has 0 N–H and O–H groups in total. The molecule has 1 aliphatic rings. The third-order valence-electron chi connectivity index (χ3n) is 5.78. The smallest absolute Gasteiger partial charge is 0.337 e. The van der Waals surface area contributed by atoms with Crippen molar-refractivity contribution in [1.29, 1.82) is 5.26 Å². The molecule has 0 saturated heterocycles. The first-order chi connectivity index (χ1) is 15.9. The highest BCUT2D eigenvalue weighted by Crippen LogP contribution is 2.43. The fourth-order valence-electron chi connectivity index (χ4n) is 4.28. The number of hydrogen-bond acceptors (Lipinski definition) is 4. The highest BCUT2D eigenvalue weighted by atomic mass is 16.5. The molecule has 0 aliphatic carbocycles. The summed E-state index contributed by atoms with van der Waals surface area (Å²) >= 11 is 0. The van der Waals surface area contributed by atoms with Gasteiger partial charge in [0.15, 0.2) is 0 Å². The maximum Gasteiger partial charge on any atom is 0.337 e. The van der Waals surface area contributed by atoms with Crippen LogP contribution in [0.15, 0.2) is 72.8 Å². The number of ether oxygens (including phenoxy) is 1. The fourth-order valence-corrected chi connectivity index (χ4v) is 4.28. The number of carbonyl (C=O) groups is 2. The van der Waals surface area contributed by atoms with Gasteiger partial charge >= 0.3 is 5.97 Å². The lowest BCUT2D eigenvalue weighted by atomic mass is 9.87. The number of nitriles is 1. The van der Waals surface area contributed by atoms with Gasteiger partial charge < -0.3 is 9.64 Å². The number of anilines is 1. The van der Waals surface area contributed by atoms with Crippen LogP contribution in [0.1, 0.15) is 46.5 Å². The first kappa shape index (κ1) is 22.0. The van der Waals surface area contributed by atoms with Crippen LogP contribution in [0.25, 0.3) is 11.1 Å². The summed E-state index contributed by atoms with van der Waals surface area (Å²) in [5, 5.41) is 9.15. The Bertz CT molecular complexity index is 1300. The number of benzene rings is 3. The molecular formula is C28H24N2O3. The summed E-state index contributed by atoms with van der Waals surface area (Å²) in [7, 11) is 1.35. The van der Waals surface area contributed by atoms with Gasteiger partial charge in [-0.25, -0.2) is 4.79 Å². The van der Waals surface area contributed by atoms with Crippen LogP contribution in [0.2, 0.25) is 0 Å². The number of carbonyl (C=O) groups excluding carboxylic acids is 2. The summed E-state index contributed by atoms with van der Waals surface area (Å²) in [6, 6.07) is 24.4. The Morgan fingerprint density at radius 2 is 1.73 bits per heavy atom. The zero-order valence-corrected chi connectivity index (χ0v) is 18.8. The molecule has 164 valence electrons. The van der Waals surface area contributed by atoms with Gasteiger partial charge in [0.25, 0.3) is 5.91 Å². The molecule has 0 spiro atoms. The second kappa shape index (κ2) is 9.13. The van der Waals surface area contributed by atoms with Crippen LogP contribution in [0, 0.1) is 17.2 Å². The van der Waals surface area contributed by atoms with Crippen molar-refractivity contribution < 1.29 is 14.3 Å². The van der Waals surface area contributed by atoms with Gasteiger partial charge in [0.1, 0.15) is 0 Å². The van der Waals surface area contributed by atoms with Crippen LogP contribution in [0.3, 0.4) is 0 Å². The average molecular weight is 437 g/mol. The standard InChI is InChI=1S/C28H24N2O3/c1-18(2)25(21-13-11-19(16-29)12-14-21)26-23-9-4-5-10-24(23)30(27(26)31)17-20-7-6-8-22(15-20)28(32)33-3/h4-15,18H,17H2,1-3H3. The maximum atomic E-state index is 13.8. The highest BCUT2D eigenvalue weighted by Gasteiger charge is 2.35. The van der Waals surface area contributed by atoms with Gasteiger partial charge in [0, 0.05) is 5.56 Å². The summed E-state index contributed by atoms with van der Waals surface area (Å²) in [4.78, 5) is 27.5. The van der Waals surface area contributed by atoms with E-state index in [1.165, 1.54) is 7.11 Å². The number of fused-ring (bicyclic) bond motifs is 1. The summed E-state index contributed by atoms with van der Waals surface area (Å²) in [6.07, 6.45) is 0. The Kier molecular flexibility index (Phi) is 6.10. The molecule has 0 atom stereocenters. The van der Waals surface area contributed by atoms with E-state index in [9.17, 15) is 9.59 Å². The number of nitrogens with zero attached hydrogens (tertiary/aromatic N) is 2. The molecule has 3 aromatic carbocycles. The predicted molar refractivity (Wildman–Crippen MR) is 128 cm³/mol. The van der Waals surface area contributed by atoms with E-state index in [1.54, 1.807) is 35.2 Å². The van der Waals surface area contributed by atoms with E-state index in [1.807, 2.05) is 42.5 Å². The largest absolute Gasteiger partial charge is 0.465 e. The molecule has 33 heavy (non-hydrogen) atoms. The summed E-state index contributed by atoms with van der Waals surface area (Å²) in [5.41, 5.74) is 6.15. The fraction of sp³-hybridized carbons (Fsp3) is 0.179. The van der Waals surface area contributed by atoms with Gasteiger partial charge in [-0.05, 0) is 52.9 Å². The highest BCUT2D eigenvalue weighted by molar-refractivity contribution is 6.37. The van der Waals surface area contributed by atoms with Crippen LogP contribution < -0.4 is 4.90 Å². The molecular weight excluding hydrogens is 412 g/mol. The Morgan fingerprint density at radius 3 is 2.39 bits per heavy atom. The van der Waals surface area contributed by atoms with Crippen molar-refractivity contribution in [2.75, 3.05) is 12.0 Å². The van der Waals surface area contributed by atoms with Gasteiger partial charge in [-0.1, -0.05) is 56.3 Å². The molecule has 0 saturated carbocycles. The van der Waals surface area contributed by atoms with E-state index in [-0.39, 0.29) is 11.8 Å². The maximum absolute atomic E-state index is 13.8. The Hall–Kier alpha value is -4.17. The minimum atomic E-state index is -0.409. The van der Waals surface area contributed by atoms with Crippen molar-refractivity contribution in [3.63, 3.8) is 0 Å². The van der Waals surface area contributed by atoms with Crippen molar-refractivity contribution in [1.82, 2.24) is 0 Å². The van der Waals surface area contributed by atoms with Gasteiger partial charge in [0.05, 0.1) is 42.1 Å². The average Bonchev–Trinajstić information content (AvgIpc) is 3.10. The lowest BCUT2D eigenvalue weighted by Gasteiger charge is -2.19. The number of hydrogen-bond donors (Lipinski definition) is 0. The Labute approximate surface area is 193 Å². The molecule has 1 heterocycles. The van der Waals surface area contributed by atoms with Crippen molar-refractivity contribution >= 4 is 28.7 Å². The first-order valence-corrected chi connectivity index (χ1v) is 10.8. The molecule has 5 nitrogen and oxygen atoms in total. The van der Waals surface area contributed by atoms with Crippen molar-refractivity contribution in [3.8, 4) is 6.07 Å². The summed E-state index contributed by atoms with van der Waals surface area (Å²) in [6.45, 7) is 4.47. The van der Waals surface area contributed by atoms with E-state index in [0.29, 0.717) is 23.2 Å². The normalized spacial score (nSPS) is 14.2. The molecule has 1 aliphatic heterocycles. The second-order valence-corrected chi connectivity index (χ2v) is 8.23. The number of methoxy groups -OCH3 is 1. The second-order valence-electron chi connectivity index (χ2n) is 8.23. The number of rotatable bonds is 5. The molecule has 3 aromatic rings. The summed E-state index contributed by atoms with van der Waals surface area (Å²) in [5.74, 6) is -0.395. The lowest BCUT2D eigenvalue weighted by Crippen LogP contribution is -2.26. The van der Waals surface area contributed by atoms with E-state index >= 15 is 0 Å². The molecule has 0 radical (unpaired) electrons. The van der Waals surface area contributed by atoms with E-state index in [4.69, 9.17) is 10.00 Å². The minimum absolute atomic E-state index is 0.0762. The van der Waals surface area contributed by atoms with Gasteiger partial charge in [-0.3, -0.25) is 4.79 Å². The monoisotopic (exact) mass is 436 g/mol. The van der Waals surface area contributed by atoms with Gasteiger partial charge in [-0.2, -0.15) is 5.26 Å². The predicted octanol–water partition coefficient (Wildman–Crippen LogP) is 5.46. The van der Waals surface area contributed by atoms with Gasteiger partial charge in [0.2, 0.25) is 0 Å². The van der Waals surface area contributed by atoms with Gasteiger partial charge in [-0.15, -0.1) is 0 Å². The summed E-state index contributed by atoms with van der Waals surface area (Å²) < 4.78 is 4.83. The molecule has 1 amide bonds. The number of amides is 1. The van der Waals surface area contributed by atoms with Crippen molar-refractivity contribution in [3.05, 3.63) is 101 Å². The molecule has 0 unspecified atom stereocenters. The molecule has 0 fully saturated rings. The number of esters is 1. The first-order valence-electron chi connectivity index (χ1n) is 10.8. The third-order valence-corrected chi connectivity index (χ3v) is 5.78. The number of allylic oxidation sites excluding steroid dienone is 1. The quantitative estimate of drug-likeness (QED) is 0.393. The lowest BCUT2D eigenvalue weighted by molar-refractivity contribution is -0.113. The van der Waals surface area contributed by atoms with E-state index in [0.717, 1.165) is 28.0 Å².